The molecule has 0 atom stereocenters. The number of amides is 1. The monoisotopic (exact) mass is 232 g/mol. The van der Waals surface area contributed by atoms with Crippen LogP contribution in [0.1, 0.15) is 25.7 Å². The van der Waals surface area contributed by atoms with E-state index in [1.54, 1.807) is 7.11 Å². The molecule has 1 amide bonds. The Labute approximate surface area is 100 Å². The maximum atomic E-state index is 11.8. The number of ether oxygens (including phenoxy) is 1. The molecule has 4 heteroatoms. The number of hydrogen-bond acceptors (Lipinski definition) is 3. The first-order chi connectivity index (χ1) is 8.21. The van der Waals surface area contributed by atoms with E-state index in [1.165, 1.54) is 6.42 Å². The molecule has 3 rings (SSSR count). The standard InChI is InChI=1S/C13H16N2O2/c1-17-9-3-4-10-11(7-9)15-13(5-2-6-13)8-12(16)14-10/h3-4,7,15H,2,5-6,8H2,1H3,(H,14,16). The van der Waals surface area contributed by atoms with Crippen molar-refractivity contribution in [3.05, 3.63) is 18.2 Å². The minimum Gasteiger partial charge on any atom is -0.497 e. The molecule has 90 valence electrons. The third kappa shape index (κ3) is 1.73. The molecule has 17 heavy (non-hydrogen) atoms. The fourth-order valence-corrected chi connectivity index (χ4v) is 2.60. The zero-order valence-corrected chi connectivity index (χ0v) is 9.88. The van der Waals surface area contributed by atoms with Crippen LogP contribution >= 0.6 is 0 Å². The number of methoxy groups -OCH3 is 1. The van der Waals surface area contributed by atoms with Gasteiger partial charge in [-0.15, -0.1) is 0 Å². The minimum atomic E-state index is -0.0261. The molecule has 2 N–H and O–H groups in total. The van der Waals surface area contributed by atoms with E-state index in [1.807, 2.05) is 18.2 Å². The van der Waals surface area contributed by atoms with E-state index in [9.17, 15) is 4.79 Å². The van der Waals surface area contributed by atoms with Gasteiger partial charge < -0.3 is 15.4 Å². The van der Waals surface area contributed by atoms with Gasteiger partial charge in [-0.3, -0.25) is 4.79 Å². The first-order valence-electron chi connectivity index (χ1n) is 5.97. The molecule has 1 aliphatic heterocycles. The van der Waals surface area contributed by atoms with Crippen molar-refractivity contribution in [2.24, 2.45) is 0 Å². The van der Waals surface area contributed by atoms with Crippen LogP contribution in [0.3, 0.4) is 0 Å². The third-order valence-electron chi connectivity index (χ3n) is 3.71. The summed E-state index contributed by atoms with van der Waals surface area (Å²) in [5.74, 6) is 0.906. The number of carbonyl (C=O) groups is 1. The van der Waals surface area contributed by atoms with Gasteiger partial charge in [0.2, 0.25) is 5.91 Å². The van der Waals surface area contributed by atoms with Crippen molar-refractivity contribution in [3.63, 3.8) is 0 Å². The molecule has 0 radical (unpaired) electrons. The normalized spacial score (nSPS) is 20.6. The number of carbonyl (C=O) groups excluding carboxylic acids is 1. The lowest BCUT2D eigenvalue weighted by atomic mass is 9.74. The van der Waals surface area contributed by atoms with Crippen LogP contribution in [0.2, 0.25) is 0 Å². The van der Waals surface area contributed by atoms with Crippen LogP contribution in [0.25, 0.3) is 0 Å². The molecule has 1 aromatic carbocycles. The number of fused-ring (bicyclic) bond motifs is 1. The van der Waals surface area contributed by atoms with Crippen LogP contribution in [0.15, 0.2) is 18.2 Å². The number of nitrogens with one attached hydrogen (secondary N) is 2. The average molecular weight is 232 g/mol. The molecule has 1 fully saturated rings. The summed E-state index contributed by atoms with van der Waals surface area (Å²) < 4.78 is 5.22. The minimum absolute atomic E-state index is 0.0261. The Balaban J connectivity index is 1.99. The Bertz CT molecular complexity index is 466. The lowest BCUT2D eigenvalue weighted by Crippen LogP contribution is -2.46. The van der Waals surface area contributed by atoms with E-state index >= 15 is 0 Å². The maximum absolute atomic E-state index is 11.8. The van der Waals surface area contributed by atoms with Crippen LogP contribution < -0.4 is 15.4 Å². The smallest absolute Gasteiger partial charge is 0.226 e. The SMILES string of the molecule is COc1ccc2c(c1)NC1(CCC1)CC(=O)N2. The summed E-state index contributed by atoms with van der Waals surface area (Å²) >= 11 is 0. The summed E-state index contributed by atoms with van der Waals surface area (Å²) in [5.41, 5.74) is 1.79. The molecule has 0 bridgehead atoms. The summed E-state index contributed by atoms with van der Waals surface area (Å²) in [6.45, 7) is 0. The second kappa shape index (κ2) is 3.65. The van der Waals surface area contributed by atoms with E-state index in [0.29, 0.717) is 6.42 Å². The highest BCUT2D eigenvalue weighted by Crippen LogP contribution is 2.42. The van der Waals surface area contributed by atoms with Crippen molar-refractivity contribution in [1.82, 2.24) is 0 Å². The third-order valence-corrected chi connectivity index (χ3v) is 3.71. The zero-order valence-electron chi connectivity index (χ0n) is 9.88. The number of rotatable bonds is 1. The summed E-state index contributed by atoms with van der Waals surface area (Å²) in [7, 11) is 1.65. The first kappa shape index (κ1) is 10.4. The van der Waals surface area contributed by atoms with Crippen molar-refractivity contribution in [1.29, 1.82) is 0 Å². The number of benzene rings is 1. The van der Waals surface area contributed by atoms with E-state index in [4.69, 9.17) is 4.74 Å². The van der Waals surface area contributed by atoms with E-state index < -0.39 is 0 Å². The summed E-state index contributed by atoms with van der Waals surface area (Å²) in [6, 6.07) is 5.69. The molecule has 0 aromatic heterocycles. The Morgan fingerprint density at radius 1 is 1.29 bits per heavy atom. The molecule has 1 aliphatic carbocycles. The Morgan fingerprint density at radius 2 is 2.12 bits per heavy atom. The highest BCUT2D eigenvalue weighted by atomic mass is 16.5. The topological polar surface area (TPSA) is 50.4 Å². The van der Waals surface area contributed by atoms with Crippen molar-refractivity contribution in [3.8, 4) is 5.75 Å². The van der Waals surface area contributed by atoms with Gasteiger partial charge in [-0.25, -0.2) is 0 Å². The van der Waals surface area contributed by atoms with E-state index in [0.717, 1.165) is 30.0 Å². The van der Waals surface area contributed by atoms with Crippen molar-refractivity contribution in [2.75, 3.05) is 17.7 Å². The molecular weight excluding hydrogens is 216 g/mol. The fourth-order valence-electron chi connectivity index (χ4n) is 2.60. The largest absolute Gasteiger partial charge is 0.497 e. The Kier molecular flexibility index (Phi) is 2.24. The molecule has 2 aliphatic rings. The Hall–Kier alpha value is -1.71. The van der Waals surface area contributed by atoms with Gasteiger partial charge in [0, 0.05) is 18.0 Å². The second-order valence-electron chi connectivity index (χ2n) is 4.90. The fraction of sp³-hybridized carbons (Fsp3) is 0.462. The molecule has 4 nitrogen and oxygen atoms in total. The van der Waals surface area contributed by atoms with Crippen molar-refractivity contribution in [2.45, 2.75) is 31.2 Å². The van der Waals surface area contributed by atoms with Crippen LogP contribution in [0.5, 0.6) is 5.75 Å². The van der Waals surface area contributed by atoms with Crippen molar-refractivity contribution < 1.29 is 9.53 Å². The van der Waals surface area contributed by atoms with Gasteiger partial charge >= 0.3 is 0 Å². The highest BCUT2D eigenvalue weighted by molar-refractivity contribution is 5.97. The van der Waals surface area contributed by atoms with Crippen LogP contribution in [-0.4, -0.2) is 18.6 Å². The van der Waals surface area contributed by atoms with Gasteiger partial charge in [0.1, 0.15) is 5.75 Å². The van der Waals surface area contributed by atoms with Crippen LogP contribution in [0.4, 0.5) is 11.4 Å². The highest BCUT2D eigenvalue weighted by Gasteiger charge is 2.40. The summed E-state index contributed by atoms with van der Waals surface area (Å²) in [6.07, 6.45) is 3.89. The predicted octanol–water partition coefficient (Wildman–Crippen LogP) is 2.37. The molecular formula is C13H16N2O2. The summed E-state index contributed by atoms with van der Waals surface area (Å²) in [4.78, 5) is 11.8. The van der Waals surface area contributed by atoms with E-state index in [2.05, 4.69) is 10.6 Å². The van der Waals surface area contributed by atoms with Gasteiger partial charge in [0.25, 0.3) is 0 Å². The lowest BCUT2D eigenvalue weighted by molar-refractivity contribution is -0.117. The first-order valence-corrected chi connectivity index (χ1v) is 5.97. The number of hydrogen-bond donors (Lipinski definition) is 2. The predicted molar refractivity (Wildman–Crippen MR) is 66.4 cm³/mol. The van der Waals surface area contributed by atoms with E-state index in [-0.39, 0.29) is 11.4 Å². The van der Waals surface area contributed by atoms with Crippen molar-refractivity contribution >= 4 is 17.3 Å². The molecule has 1 spiro atoms. The molecule has 1 aromatic rings. The molecule has 0 saturated heterocycles. The molecule has 1 saturated carbocycles. The van der Waals surface area contributed by atoms with Gasteiger partial charge in [-0.2, -0.15) is 0 Å². The maximum Gasteiger partial charge on any atom is 0.226 e. The zero-order chi connectivity index (χ0) is 11.9. The average Bonchev–Trinajstić information content (AvgIpc) is 2.42. The van der Waals surface area contributed by atoms with Gasteiger partial charge in [0.05, 0.1) is 18.5 Å². The van der Waals surface area contributed by atoms with Crippen LogP contribution in [-0.2, 0) is 4.79 Å². The Morgan fingerprint density at radius 3 is 2.76 bits per heavy atom. The number of anilines is 2. The van der Waals surface area contributed by atoms with Gasteiger partial charge in [0.15, 0.2) is 0 Å². The van der Waals surface area contributed by atoms with Gasteiger partial charge in [-0.1, -0.05) is 0 Å². The molecule has 1 heterocycles. The van der Waals surface area contributed by atoms with Gasteiger partial charge in [-0.05, 0) is 31.4 Å². The molecule has 0 unspecified atom stereocenters. The lowest BCUT2D eigenvalue weighted by Gasteiger charge is -2.41. The quantitative estimate of drug-likeness (QED) is 0.781. The summed E-state index contributed by atoms with van der Waals surface area (Å²) in [5, 5.41) is 6.45. The second-order valence-corrected chi connectivity index (χ2v) is 4.90. The van der Waals surface area contributed by atoms with Crippen LogP contribution in [0, 0.1) is 0 Å².